The van der Waals surface area contributed by atoms with Crippen LogP contribution in [-0.4, -0.2) is 49.3 Å². The van der Waals surface area contributed by atoms with Gasteiger partial charge in [-0.15, -0.1) is 0 Å². The summed E-state index contributed by atoms with van der Waals surface area (Å²) >= 11 is 0. The van der Waals surface area contributed by atoms with Gasteiger partial charge in [-0.2, -0.15) is 5.26 Å². The molecule has 19 heavy (non-hydrogen) atoms. The van der Waals surface area contributed by atoms with Crippen molar-refractivity contribution in [2.75, 3.05) is 44.7 Å². The van der Waals surface area contributed by atoms with Gasteiger partial charge in [0.05, 0.1) is 18.9 Å². The summed E-state index contributed by atoms with van der Waals surface area (Å²) in [7, 11) is 0. The lowest BCUT2D eigenvalue weighted by Gasteiger charge is -2.26. The van der Waals surface area contributed by atoms with Crippen LogP contribution in [-0.2, 0) is 4.74 Å². The van der Waals surface area contributed by atoms with Gasteiger partial charge in [-0.3, -0.25) is 9.69 Å². The highest BCUT2D eigenvalue weighted by atomic mass is 16.5. The second-order valence-electron chi connectivity index (χ2n) is 4.44. The van der Waals surface area contributed by atoms with Crippen LogP contribution in [0, 0.1) is 11.3 Å². The first-order chi connectivity index (χ1) is 9.31. The minimum Gasteiger partial charge on any atom is -0.384 e. The van der Waals surface area contributed by atoms with E-state index < -0.39 is 0 Å². The zero-order valence-electron chi connectivity index (χ0n) is 10.8. The van der Waals surface area contributed by atoms with Gasteiger partial charge in [0.1, 0.15) is 11.6 Å². The Kier molecular flexibility index (Phi) is 4.95. The standard InChI is InChI=1S/C13H18N4O2/c14-10-11-12(2-4-16-13(11)18)15-3-1-5-17-6-8-19-9-7-17/h2,4H,1,3,5-9H2,(H2,15,16,18). The second-order valence-corrected chi connectivity index (χ2v) is 4.44. The summed E-state index contributed by atoms with van der Waals surface area (Å²) in [5.74, 6) is 0. The predicted octanol–water partition coefficient (Wildman–Crippen LogP) is 0.381. The molecule has 6 heteroatoms. The summed E-state index contributed by atoms with van der Waals surface area (Å²) in [4.78, 5) is 16.3. The van der Waals surface area contributed by atoms with E-state index in [1.54, 1.807) is 12.3 Å². The Labute approximate surface area is 112 Å². The molecule has 0 amide bonds. The maximum absolute atomic E-state index is 11.4. The van der Waals surface area contributed by atoms with Crippen LogP contribution in [0.25, 0.3) is 0 Å². The number of hydrogen-bond donors (Lipinski definition) is 2. The van der Waals surface area contributed by atoms with E-state index in [2.05, 4.69) is 15.2 Å². The Morgan fingerprint density at radius 2 is 2.26 bits per heavy atom. The van der Waals surface area contributed by atoms with E-state index in [1.165, 1.54) is 0 Å². The fourth-order valence-corrected chi connectivity index (χ4v) is 2.09. The van der Waals surface area contributed by atoms with Gasteiger partial charge in [-0.05, 0) is 19.0 Å². The minimum atomic E-state index is -0.347. The molecule has 2 N–H and O–H groups in total. The molecule has 0 saturated carbocycles. The summed E-state index contributed by atoms with van der Waals surface area (Å²) in [5.41, 5.74) is 0.405. The maximum Gasteiger partial charge on any atom is 0.267 e. The lowest BCUT2D eigenvalue weighted by molar-refractivity contribution is 0.0378. The van der Waals surface area contributed by atoms with Gasteiger partial charge in [-0.1, -0.05) is 0 Å². The lowest BCUT2D eigenvalue weighted by atomic mass is 10.2. The van der Waals surface area contributed by atoms with Crippen LogP contribution in [0.15, 0.2) is 17.1 Å². The van der Waals surface area contributed by atoms with Crippen molar-refractivity contribution < 1.29 is 4.74 Å². The third kappa shape index (κ3) is 3.81. The Bertz CT molecular complexity index is 500. The number of H-pyrrole nitrogens is 1. The zero-order valence-corrected chi connectivity index (χ0v) is 10.8. The van der Waals surface area contributed by atoms with Gasteiger partial charge in [0, 0.05) is 25.8 Å². The molecular formula is C13H18N4O2. The fraction of sp³-hybridized carbons (Fsp3) is 0.538. The van der Waals surface area contributed by atoms with Gasteiger partial charge >= 0.3 is 0 Å². The van der Waals surface area contributed by atoms with Crippen LogP contribution in [0.2, 0.25) is 0 Å². The summed E-state index contributed by atoms with van der Waals surface area (Å²) in [6, 6.07) is 3.64. The van der Waals surface area contributed by atoms with Crippen molar-refractivity contribution >= 4 is 5.69 Å². The number of nitrogens with one attached hydrogen (secondary N) is 2. The number of rotatable bonds is 5. The molecule has 0 unspecified atom stereocenters. The first-order valence-corrected chi connectivity index (χ1v) is 6.47. The smallest absolute Gasteiger partial charge is 0.267 e. The molecule has 1 fully saturated rings. The normalized spacial score (nSPS) is 15.9. The van der Waals surface area contributed by atoms with Gasteiger partial charge < -0.3 is 15.0 Å². The molecule has 1 aliphatic heterocycles. The molecule has 1 aromatic heterocycles. The van der Waals surface area contributed by atoms with Crippen LogP contribution in [0.1, 0.15) is 12.0 Å². The molecule has 0 radical (unpaired) electrons. The third-order valence-electron chi connectivity index (χ3n) is 3.14. The Morgan fingerprint density at radius 1 is 1.47 bits per heavy atom. The maximum atomic E-state index is 11.4. The van der Waals surface area contributed by atoms with Crippen LogP contribution < -0.4 is 10.9 Å². The first kappa shape index (κ1) is 13.6. The van der Waals surface area contributed by atoms with Crippen molar-refractivity contribution in [1.29, 1.82) is 5.26 Å². The Balaban J connectivity index is 1.78. The molecule has 2 heterocycles. The molecule has 1 aromatic rings. The van der Waals surface area contributed by atoms with E-state index in [9.17, 15) is 4.79 Å². The SMILES string of the molecule is N#Cc1c(NCCCN2CCOCC2)cc[nH]c1=O. The van der Waals surface area contributed by atoms with Crippen LogP contribution in [0.4, 0.5) is 5.69 Å². The number of morpholine rings is 1. The average Bonchev–Trinajstić information content (AvgIpc) is 2.45. The average molecular weight is 262 g/mol. The molecule has 6 nitrogen and oxygen atoms in total. The highest BCUT2D eigenvalue weighted by Crippen LogP contribution is 2.08. The fourth-order valence-electron chi connectivity index (χ4n) is 2.09. The highest BCUT2D eigenvalue weighted by molar-refractivity contribution is 5.55. The van der Waals surface area contributed by atoms with Crippen LogP contribution >= 0.6 is 0 Å². The van der Waals surface area contributed by atoms with Gasteiger partial charge in [-0.25, -0.2) is 0 Å². The van der Waals surface area contributed by atoms with Crippen molar-refractivity contribution in [3.8, 4) is 6.07 Å². The molecule has 2 rings (SSSR count). The molecule has 0 aromatic carbocycles. The number of aromatic nitrogens is 1. The topological polar surface area (TPSA) is 81.2 Å². The molecule has 0 atom stereocenters. The number of nitrogens with zero attached hydrogens (tertiary/aromatic N) is 2. The largest absolute Gasteiger partial charge is 0.384 e. The van der Waals surface area contributed by atoms with Crippen molar-refractivity contribution in [3.05, 3.63) is 28.2 Å². The molecule has 0 spiro atoms. The second kappa shape index (κ2) is 6.92. The van der Waals surface area contributed by atoms with E-state index in [0.29, 0.717) is 5.69 Å². The number of aromatic amines is 1. The Morgan fingerprint density at radius 3 is 3.00 bits per heavy atom. The molecular weight excluding hydrogens is 244 g/mol. The number of nitriles is 1. The van der Waals surface area contributed by atoms with Gasteiger partial charge in [0.25, 0.3) is 5.56 Å². The monoisotopic (exact) mass is 262 g/mol. The number of pyridine rings is 1. The van der Waals surface area contributed by atoms with E-state index in [0.717, 1.165) is 45.8 Å². The molecule has 1 saturated heterocycles. The molecule has 0 aliphatic carbocycles. The summed E-state index contributed by atoms with van der Waals surface area (Å²) in [5, 5.41) is 12.1. The molecule has 0 bridgehead atoms. The molecule has 102 valence electrons. The minimum absolute atomic E-state index is 0.147. The predicted molar refractivity (Wildman–Crippen MR) is 72.1 cm³/mol. The van der Waals surface area contributed by atoms with Gasteiger partial charge in [0.15, 0.2) is 0 Å². The summed E-state index contributed by atoms with van der Waals surface area (Å²) in [6.07, 6.45) is 2.52. The number of hydrogen-bond acceptors (Lipinski definition) is 5. The number of ether oxygens (including phenoxy) is 1. The Hall–Kier alpha value is -1.84. The number of anilines is 1. The van der Waals surface area contributed by atoms with Crippen molar-refractivity contribution in [2.45, 2.75) is 6.42 Å². The van der Waals surface area contributed by atoms with E-state index in [1.807, 2.05) is 6.07 Å². The lowest BCUT2D eigenvalue weighted by Crippen LogP contribution is -2.37. The van der Waals surface area contributed by atoms with E-state index >= 15 is 0 Å². The summed E-state index contributed by atoms with van der Waals surface area (Å²) in [6.45, 7) is 5.32. The van der Waals surface area contributed by atoms with E-state index in [4.69, 9.17) is 10.00 Å². The van der Waals surface area contributed by atoms with Gasteiger partial charge in [0.2, 0.25) is 0 Å². The first-order valence-electron chi connectivity index (χ1n) is 6.47. The van der Waals surface area contributed by atoms with Crippen molar-refractivity contribution in [3.63, 3.8) is 0 Å². The van der Waals surface area contributed by atoms with E-state index in [-0.39, 0.29) is 11.1 Å². The highest BCUT2D eigenvalue weighted by Gasteiger charge is 2.09. The quantitative estimate of drug-likeness (QED) is 0.750. The zero-order chi connectivity index (χ0) is 13.5. The van der Waals surface area contributed by atoms with Crippen molar-refractivity contribution in [2.24, 2.45) is 0 Å². The van der Waals surface area contributed by atoms with Crippen molar-refractivity contribution in [1.82, 2.24) is 9.88 Å². The summed E-state index contributed by atoms with van der Waals surface area (Å²) < 4.78 is 5.29. The molecule has 1 aliphatic rings. The third-order valence-corrected chi connectivity index (χ3v) is 3.14. The van der Waals surface area contributed by atoms with Crippen LogP contribution in [0.3, 0.4) is 0 Å². The van der Waals surface area contributed by atoms with Crippen LogP contribution in [0.5, 0.6) is 0 Å².